The Kier molecular flexibility index (Phi) is 5.24. The fourth-order valence-corrected chi connectivity index (χ4v) is 3.04. The van der Waals surface area contributed by atoms with Gasteiger partial charge in [-0.2, -0.15) is 0 Å². The van der Waals surface area contributed by atoms with Crippen LogP contribution in [0.1, 0.15) is 38.4 Å². The second kappa shape index (κ2) is 8.00. The number of hydrogen-bond acceptors (Lipinski definition) is 7. The largest absolute Gasteiger partial charge is 0.415 e. The first kappa shape index (κ1) is 19.7. The number of aromatic nitrogens is 5. The van der Waals surface area contributed by atoms with Gasteiger partial charge in [0, 0.05) is 35.5 Å². The SMILES string of the molecule is CC(C)n1cc(-c2cncc(-c3nnc(-c4ccc([C@H](C)N)cc4)o3)n2)ccc1=O. The molecule has 0 aliphatic rings. The van der Waals surface area contributed by atoms with Crippen LogP contribution in [0.25, 0.3) is 34.3 Å². The molecule has 4 rings (SSSR count). The lowest BCUT2D eigenvalue weighted by molar-refractivity contribution is 0.578. The zero-order valence-corrected chi connectivity index (χ0v) is 17.0. The van der Waals surface area contributed by atoms with Gasteiger partial charge in [0.15, 0.2) is 0 Å². The fraction of sp³-hybridized carbons (Fsp3) is 0.227. The molecule has 4 aromatic rings. The molecule has 0 fully saturated rings. The number of rotatable bonds is 5. The molecule has 8 nitrogen and oxygen atoms in total. The number of nitrogens with zero attached hydrogens (tertiary/aromatic N) is 5. The van der Waals surface area contributed by atoms with Crippen molar-refractivity contribution >= 4 is 0 Å². The Balaban J connectivity index is 1.65. The van der Waals surface area contributed by atoms with Gasteiger partial charge in [-0.25, -0.2) is 4.98 Å². The van der Waals surface area contributed by atoms with Crippen LogP contribution in [-0.4, -0.2) is 24.7 Å². The molecule has 0 spiro atoms. The maximum atomic E-state index is 12.0. The first-order valence-corrected chi connectivity index (χ1v) is 9.67. The smallest absolute Gasteiger partial charge is 0.268 e. The number of nitrogens with two attached hydrogens (primary N) is 1. The van der Waals surface area contributed by atoms with Gasteiger partial charge < -0.3 is 14.7 Å². The van der Waals surface area contributed by atoms with E-state index in [1.165, 1.54) is 6.07 Å². The average molecular weight is 402 g/mol. The monoisotopic (exact) mass is 402 g/mol. The average Bonchev–Trinajstić information content (AvgIpc) is 3.24. The fourth-order valence-electron chi connectivity index (χ4n) is 3.04. The summed E-state index contributed by atoms with van der Waals surface area (Å²) in [5, 5.41) is 8.24. The number of benzene rings is 1. The Hall–Kier alpha value is -3.65. The number of hydrogen-bond donors (Lipinski definition) is 1. The molecule has 1 atom stereocenters. The first-order valence-electron chi connectivity index (χ1n) is 9.67. The van der Waals surface area contributed by atoms with Gasteiger partial charge in [0.25, 0.3) is 11.4 Å². The lowest BCUT2D eigenvalue weighted by Crippen LogP contribution is -2.20. The van der Waals surface area contributed by atoms with Crippen molar-refractivity contribution in [2.45, 2.75) is 32.9 Å². The van der Waals surface area contributed by atoms with Crippen LogP contribution in [0.3, 0.4) is 0 Å². The van der Waals surface area contributed by atoms with Crippen molar-refractivity contribution in [3.05, 3.63) is 70.9 Å². The highest BCUT2D eigenvalue weighted by atomic mass is 16.4. The molecular weight excluding hydrogens is 380 g/mol. The highest BCUT2D eigenvalue weighted by molar-refractivity contribution is 5.61. The van der Waals surface area contributed by atoms with Crippen LogP contribution in [0.4, 0.5) is 0 Å². The molecule has 0 aliphatic carbocycles. The van der Waals surface area contributed by atoms with E-state index in [0.29, 0.717) is 17.3 Å². The highest BCUT2D eigenvalue weighted by Crippen LogP contribution is 2.25. The molecule has 3 aromatic heterocycles. The molecule has 1 aromatic carbocycles. The maximum absolute atomic E-state index is 12.0. The van der Waals surface area contributed by atoms with E-state index in [9.17, 15) is 4.79 Å². The minimum Gasteiger partial charge on any atom is -0.415 e. The second-order valence-electron chi connectivity index (χ2n) is 7.37. The molecule has 0 unspecified atom stereocenters. The maximum Gasteiger partial charge on any atom is 0.268 e. The molecule has 0 amide bonds. The van der Waals surface area contributed by atoms with Crippen LogP contribution in [0, 0.1) is 0 Å². The van der Waals surface area contributed by atoms with Gasteiger partial charge in [-0.1, -0.05) is 12.1 Å². The molecule has 3 heterocycles. The summed E-state index contributed by atoms with van der Waals surface area (Å²) in [5.41, 5.74) is 9.51. The van der Waals surface area contributed by atoms with Crippen molar-refractivity contribution in [1.29, 1.82) is 0 Å². The normalized spacial score (nSPS) is 12.3. The van der Waals surface area contributed by atoms with Crippen LogP contribution in [0.15, 0.2) is 64.2 Å². The quantitative estimate of drug-likeness (QED) is 0.542. The van der Waals surface area contributed by atoms with Crippen LogP contribution in [0.2, 0.25) is 0 Å². The van der Waals surface area contributed by atoms with Gasteiger partial charge in [0.2, 0.25) is 5.89 Å². The van der Waals surface area contributed by atoms with Crippen molar-refractivity contribution in [3.8, 4) is 34.3 Å². The van der Waals surface area contributed by atoms with Gasteiger partial charge in [0.05, 0.1) is 18.1 Å². The van der Waals surface area contributed by atoms with Crippen LogP contribution in [-0.2, 0) is 0 Å². The third kappa shape index (κ3) is 3.90. The predicted octanol–water partition coefficient (Wildman–Crippen LogP) is 3.62. The number of pyridine rings is 1. The van der Waals surface area contributed by atoms with Gasteiger partial charge in [-0.15, -0.1) is 10.2 Å². The van der Waals surface area contributed by atoms with Crippen molar-refractivity contribution in [1.82, 2.24) is 24.7 Å². The predicted molar refractivity (Wildman–Crippen MR) is 113 cm³/mol. The Bertz CT molecular complexity index is 1220. The molecule has 30 heavy (non-hydrogen) atoms. The standard InChI is InChI=1S/C22H22N6O2/c1-13(2)28-12-17(8-9-20(28)29)18-10-24-11-19(25-18)22-27-26-21(30-22)16-6-4-15(5-7-16)14(3)23/h4-14H,23H2,1-3H3/t14-/m0/s1. The van der Waals surface area contributed by atoms with Crippen molar-refractivity contribution in [2.24, 2.45) is 5.73 Å². The van der Waals surface area contributed by atoms with Crippen LogP contribution in [0.5, 0.6) is 0 Å². The van der Waals surface area contributed by atoms with Crippen molar-refractivity contribution < 1.29 is 4.42 Å². The minimum absolute atomic E-state index is 0.0413. The van der Waals surface area contributed by atoms with Gasteiger partial charge in [-0.05, 0) is 44.5 Å². The van der Waals surface area contributed by atoms with E-state index in [1.807, 2.05) is 45.0 Å². The third-order valence-corrected chi connectivity index (χ3v) is 4.75. The summed E-state index contributed by atoms with van der Waals surface area (Å²) in [6, 6.07) is 10.9. The Morgan fingerprint density at radius 1 is 0.900 bits per heavy atom. The lowest BCUT2D eigenvalue weighted by Gasteiger charge is -2.11. The summed E-state index contributed by atoms with van der Waals surface area (Å²) in [5.74, 6) is 0.662. The molecule has 0 saturated carbocycles. The Labute approximate surface area is 173 Å². The third-order valence-electron chi connectivity index (χ3n) is 4.75. The molecule has 8 heteroatoms. The lowest BCUT2D eigenvalue weighted by atomic mass is 10.1. The molecular formula is C22H22N6O2. The summed E-state index contributed by atoms with van der Waals surface area (Å²) < 4.78 is 7.47. The molecule has 152 valence electrons. The molecule has 0 aliphatic heterocycles. The van der Waals surface area contributed by atoms with E-state index < -0.39 is 0 Å². The van der Waals surface area contributed by atoms with Crippen LogP contribution < -0.4 is 11.3 Å². The summed E-state index contributed by atoms with van der Waals surface area (Å²) >= 11 is 0. The van der Waals surface area contributed by atoms with Gasteiger partial charge in [0.1, 0.15) is 5.69 Å². The second-order valence-corrected chi connectivity index (χ2v) is 7.37. The van der Waals surface area contributed by atoms with E-state index in [2.05, 4.69) is 20.2 Å². The van der Waals surface area contributed by atoms with E-state index in [4.69, 9.17) is 10.2 Å². The van der Waals surface area contributed by atoms with E-state index >= 15 is 0 Å². The Morgan fingerprint density at radius 2 is 1.57 bits per heavy atom. The van der Waals surface area contributed by atoms with E-state index in [-0.39, 0.29) is 23.5 Å². The summed E-state index contributed by atoms with van der Waals surface area (Å²) in [7, 11) is 0. The zero-order chi connectivity index (χ0) is 21.3. The minimum atomic E-state index is -0.0607. The first-order chi connectivity index (χ1) is 14.4. The molecule has 0 saturated heterocycles. The molecule has 0 radical (unpaired) electrons. The van der Waals surface area contributed by atoms with Gasteiger partial charge >= 0.3 is 0 Å². The topological polar surface area (TPSA) is 113 Å². The van der Waals surface area contributed by atoms with E-state index in [0.717, 1.165) is 16.7 Å². The van der Waals surface area contributed by atoms with Crippen LogP contribution >= 0.6 is 0 Å². The summed E-state index contributed by atoms with van der Waals surface area (Å²) in [6.45, 7) is 5.83. The summed E-state index contributed by atoms with van der Waals surface area (Å²) in [6.07, 6.45) is 4.98. The van der Waals surface area contributed by atoms with Crippen molar-refractivity contribution in [2.75, 3.05) is 0 Å². The van der Waals surface area contributed by atoms with Crippen molar-refractivity contribution in [3.63, 3.8) is 0 Å². The summed E-state index contributed by atoms with van der Waals surface area (Å²) in [4.78, 5) is 20.9. The zero-order valence-electron chi connectivity index (χ0n) is 17.0. The van der Waals surface area contributed by atoms with E-state index in [1.54, 1.807) is 29.2 Å². The highest BCUT2D eigenvalue weighted by Gasteiger charge is 2.14. The molecule has 2 N–H and O–H groups in total. The Morgan fingerprint density at radius 3 is 2.27 bits per heavy atom. The van der Waals surface area contributed by atoms with Gasteiger partial charge in [-0.3, -0.25) is 9.78 Å². The molecule has 0 bridgehead atoms.